The Labute approximate surface area is 98.1 Å². The fourth-order valence-corrected chi connectivity index (χ4v) is 3.17. The minimum atomic E-state index is -0.242. The van der Waals surface area contributed by atoms with Crippen LogP contribution in [-0.2, 0) is 9.47 Å². The molecule has 1 aliphatic carbocycles. The highest BCUT2D eigenvalue weighted by atomic mass is 16.7. The zero-order chi connectivity index (χ0) is 11.4. The fraction of sp³-hybridized carbons (Fsp3) is 1.00. The number of aliphatic hydroxyl groups is 1. The van der Waals surface area contributed by atoms with Gasteiger partial charge >= 0.3 is 0 Å². The molecule has 2 fully saturated rings. The minimum Gasteiger partial charge on any atom is -0.393 e. The van der Waals surface area contributed by atoms with Gasteiger partial charge in [-0.05, 0) is 18.3 Å². The van der Waals surface area contributed by atoms with E-state index >= 15 is 0 Å². The van der Waals surface area contributed by atoms with Gasteiger partial charge < -0.3 is 14.6 Å². The van der Waals surface area contributed by atoms with Crippen LogP contribution in [0.4, 0.5) is 0 Å². The normalized spacial score (nSPS) is 34.1. The van der Waals surface area contributed by atoms with E-state index in [1.54, 1.807) is 0 Å². The lowest BCUT2D eigenvalue weighted by molar-refractivity contribution is -0.0873. The summed E-state index contributed by atoms with van der Waals surface area (Å²) in [4.78, 5) is 0. The molecule has 1 saturated heterocycles. The molecule has 0 bridgehead atoms. The molecule has 2 aliphatic rings. The van der Waals surface area contributed by atoms with Crippen molar-refractivity contribution in [2.45, 2.75) is 57.8 Å². The first-order chi connectivity index (χ1) is 7.81. The molecule has 0 aromatic rings. The highest BCUT2D eigenvalue weighted by molar-refractivity contribution is 4.81. The second kappa shape index (κ2) is 5.99. The summed E-state index contributed by atoms with van der Waals surface area (Å²) >= 11 is 0. The van der Waals surface area contributed by atoms with Gasteiger partial charge in [0, 0.05) is 6.42 Å². The molecular weight excluding hydrogens is 204 g/mol. The average molecular weight is 228 g/mol. The van der Waals surface area contributed by atoms with Gasteiger partial charge in [0.05, 0.1) is 19.3 Å². The van der Waals surface area contributed by atoms with Crippen molar-refractivity contribution in [1.82, 2.24) is 0 Å². The number of ether oxygens (including phenoxy) is 2. The predicted molar refractivity (Wildman–Crippen MR) is 62.1 cm³/mol. The van der Waals surface area contributed by atoms with Crippen LogP contribution in [0.1, 0.15) is 45.4 Å². The van der Waals surface area contributed by atoms with E-state index in [1.165, 1.54) is 32.1 Å². The van der Waals surface area contributed by atoms with Gasteiger partial charge in [0.2, 0.25) is 0 Å². The molecule has 3 heteroatoms. The van der Waals surface area contributed by atoms with Gasteiger partial charge in [-0.1, -0.05) is 32.6 Å². The molecule has 3 unspecified atom stereocenters. The second-order valence-electron chi connectivity index (χ2n) is 5.09. The smallest absolute Gasteiger partial charge is 0.160 e. The van der Waals surface area contributed by atoms with Gasteiger partial charge in [-0.25, -0.2) is 0 Å². The fourth-order valence-electron chi connectivity index (χ4n) is 3.17. The molecule has 1 saturated carbocycles. The molecule has 16 heavy (non-hydrogen) atoms. The molecule has 0 spiro atoms. The maximum absolute atomic E-state index is 10.3. The molecule has 2 rings (SSSR count). The summed E-state index contributed by atoms with van der Waals surface area (Å²) in [7, 11) is 0. The summed E-state index contributed by atoms with van der Waals surface area (Å²) in [6.07, 6.45) is 6.50. The molecule has 0 aromatic carbocycles. The molecular formula is C13H24O3. The van der Waals surface area contributed by atoms with Crippen molar-refractivity contribution in [2.24, 2.45) is 11.8 Å². The number of aliphatic hydroxyl groups excluding tert-OH is 1. The second-order valence-corrected chi connectivity index (χ2v) is 5.09. The third kappa shape index (κ3) is 2.96. The third-order valence-electron chi connectivity index (χ3n) is 4.11. The molecule has 0 aromatic heterocycles. The summed E-state index contributed by atoms with van der Waals surface area (Å²) in [5.74, 6) is 1.16. The van der Waals surface area contributed by atoms with E-state index in [1.807, 2.05) is 0 Å². The molecule has 94 valence electrons. The topological polar surface area (TPSA) is 38.7 Å². The van der Waals surface area contributed by atoms with Crippen LogP contribution in [0.25, 0.3) is 0 Å². The first-order valence-corrected chi connectivity index (χ1v) is 6.72. The first-order valence-electron chi connectivity index (χ1n) is 6.72. The van der Waals surface area contributed by atoms with Crippen LogP contribution >= 0.6 is 0 Å². The standard InChI is InChI=1S/C13H24O3/c1-2-10-5-3-4-6-11(10)12(14)9-13-15-7-8-16-13/h10-14H,2-9H2,1H3. The molecule has 3 atom stereocenters. The summed E-state index contributed by atoms with van der Waals surface area (Å²) in [6, 6.07) is 0. The van der Waals surface area contributed by atoms with Crippen molar-refractivity contribution in [2.75, 3.05) is 13.2 Å². The van der Waals surface area contributed by atoms with Crippen molar-refractivity contribution in [3.05, 3.63) is 0 Å². The van der Waals surface area contributed by atoms with Crippen LogP contribution in [0.15, 0.2) is 0 Å². The molecule has 3 nitrogen and oxygen atoms in total. The van der Waals surface area contributed by atoms with Crippen LogP contribution in [0, 0.1) is 11.8 Å². The van der Waals surface area contributed by atoms with Gasteiger partial charge in [-0.3, -0.25) is 0 Å². The quantitative estimate of drug-likeness (QED) is 0.802. The Hall–Kier alpha value is -0.120. The van der Waals surface area contributed by atoms with E-state index in [4.69, 9.17) is 9.47 Å². The average Bonchev–Trinajstić information content (AvgIpc) is 2.81. The molecule has 1 aliphatic heterocycles. The van der Waals surface area contributed by atoms with Crippen LogP contribution in [0.5, 0.6) is 0 Å². The van der Waals surface area contributed by atoms with Gasteiger partial charge in [0.25, 0.3) is 0 Å². The highest BCUT2D eigenvalue weighted by Gasteiger charge is 2.32. The Kier molecular flexibility index (Phi) is 4.62. The molecule has 1 N–H and O–H groups in total. The zero-order valence-corrected chi connectivity index (χ0v) is 10.2. The van der Waals surface area contributed by atoms with Crippen LogP contribution < -0.4 is 0 Å². The monoisotopic (exact) mass is 228 g/mol. The van der Waals surface area contributed by atoms with Crippen molar-refractivity contribution in [1.29, 1.82) is 0 Å². The van der Waals surface area contributed by atoms with Crippen LogP contribution in [0.3, 0.4) is 0 Å². The zero-order valence-electron chi connectivity index (χ0n) is 10.2. The Morgan fingerprint density at radius 3 is 2.56 bits per heavy atom. The lowest BCUT2D eigenvalue weighted by Crippen LogP contribution is -2.33. The largest absolute Gasteiger partial charge is 0.393 e. The predicted octanol–water partition coefficient (Wildman–Crippen LogP) is 2.33. The Balaban J connectivity index is 1.83. The summed E-state index contributed by atoms with van der Waals surface area (Å²) in [5.41, 5.74) is 0. The Morgan fingerprint density at radius 1 is 1.19 bits per heavy atom. The molecule has 0 amide bonds. The van der Waals surface area contributed by atoms with E-state index in [0.29, 0.717) is 31.5 Å². The van der Waals surface area contributed by atoms with Crippen molar-refractivity contribution >= 4 is 0 Å². The molecule has 1 heterocycles. The molecule has 0 radical (unpaired) electrons. The summed E-state index contributed by atoms with van der Waals surface area (Å²) < 4.78 is 10.8. The van der Waals surface area contributed by atoms with Crippen LogP contribution in [0.2, 0.25) is 0 Å². The Morgan fingerprint density at radius 2 is 1.88 bits per heavy atom. The number of rotatable bonds is 4. The van der Waals surface area contributed by atoms with Gasteiger partial charge in [0.1, 0.15) is 0 Å². The number of hydrogen-bond acceptors (Lipinski definition) is 3. The van der Waals surface area contributed by atoms with Gasteiger partial charge in [-0.15, -0.1) is 0 Å². The van der Waals surface area contributed by atoms with E-state index in [2.05, 4.69) is 6.92 Å². The lowest BCUT2D eigenvalue weighted by atomic mass is 9.74. The van der Waals surface area contributed by atoms with E-state index in [0.717, 1.165) is 0 Å². The SMILES string of the molecule is CCC1CCCCC1C(O)CC1OCCO1. The van der Waals surface area contributed by atoms with Gasteiger partial charge in [-0.2, -0.15) is 0 Å². The summed E-state index contributed by atoms with van der Waals surface area (Å²) in [5, 5.41) is 10.3. The van der Waals surface area contributed by atoms with Crippen molar-refractivity contribution in [3.8, 4) is 0 Å². The van der Waals surface area contributed by atoms with Gasteiger partial charge in [0.15, 0.2) is 6.29 Å². The Bertz CT molecular complexity index is 201. The van der Waals surface area contributed by atoms with Crippen molar-refractivity contribution in [3.63, 3.8) is 0 Å². The number of hydrogen-bond donors (Lipinski definition) is 1. The van der Waals surface area contributed by atoms with E-state index in [-0.39, 0.29) is 12.4 Å². The maximum atomic E-state index is 10.3. The van der Waals surface area contributed by atoms with E-state index in [9.17, 15) is 5.11 Å². The minimum absolute atomic E-state index is 0.158. The lowest BCUT2D eigenvalue weighted by Gasteiger charge is -2.34. The van der Waals surface area contributed by atoms with E-state index < -0.39 is 0 Å². The first kappa shape index (κ1) is 12.3. The van der Waals surface area contributed by atoms with Crippen molar-refractivity contribution < 1.29 is 14.6 Å². The maximum Gasteiger partial charge on any atom is 0.160 e. The summed E-state index contributed by atoms with van der Waals surface area (Å²) in [6.45, 7) is 3.59. The van der Waals surface area contributed by atoms with Crippen LogP contribution in [-0.4, -0.2) is 30.7 Å². The highest BCUT2D eigenvalue weighted by Crippen LogP contribution is 2.36. The third-order valence-corrected chi connectivity index (χ3v) is 4.11.